The van der Waals surface area contributed by atoms with Gasteiger partial charge in [-0.2, -0.15) is 0 Å². The third-order valence-electron chi connectivity index (χ3n) is 2.43. The molecule has 3 nitrogen and oxygen atoms in total. The van der Waals surface area contributed by atoms with Crippen LogP contribution in [-0.2, 0) is 6.54 Å². The summed E-state index contributed by atoms with van der Waals surface area (Å²) in [6.45, 7) is 4.03. The van der Waals surface area contributed by atoms with Gasteiger partial charge in [-0.05, 0) is 26.0 Å². The molecule has 0 saturated carbocycles. The molecule has 2 aromatic rings. The van der Waals surface area contributed by atoms with Crippen molar-refractivity contribution in [2.45, 2.75) is 20.4 Å². The Hall–Kier alpha value is -1.75. The van der Waals surface area contributed by atoms with Crippen LogP contribution in [0.4, 0.5) is 4.39 Å². The van der Waals surface area contributed by atoms with E-state index in [2.05, 4.69) is 10.3 Å². The molecule has 5 heteroatoms. The third-order valence-corrected chi connectivity index (χ3v) is 3.40. The SMILES string of the molecule is Cc1ccc(F)c(C(=O)NCc2nc(C)cs2)c1. The van der Waals surface area contributed by atoms with E-state index in [1.54, 1.807) is 6.07 Å². The van der Waals surface area contributed by atoms with Crippen molar-refractivity contribution in [3.63, 3.8) is 0 Å². The molecule has 0 aliphatic heterocycles. The first-order valence-corrected chi connectivity index (χ1v) is 6.39. The Bertz CT molecular complexity index is 580. The van der Waals surface area contributed by atoms with Gasteiger partial charge in [0.1, 0.15) is 10.8 Å². The smallest absolute Gasteiger partial charge is 0.254 e. The van der Waals surface area contributed by atoms with Crippen molar-refractivity contribution in [1.29, 1.82) is 0 Å². The van der Waals surface area contributed by atoms with E-state index in [9.17, 15) is 9.18 Å². The zero-order chi connectivity index (χ0) is 13.1. The minimum absolute atomic E-state index is 0.0725. The molecule has 1 heterocycles. The van der Waals surface area contributed by atoms with Crippen molar-refractivity contribution in [2.24, 2.45) is 0 Å². The largest absolute Gasteiger partial charge is 0.345 e. The molecule has 1 amide bonds. The van der Waals surface area contributed by atoms with Crippen molar-refractivity contribution in [2.75, 3.05) is 0 Å². The lowest BCUT2D eigenvalue weighted by atomic mass is 10.1. The molecule has 0 spiro atoms. The fraction of sp³-hybridized carbons (Fsp3) is 0.231. The highest BCUT2D eigenvalue weighted by atomic mass is 32.1. The number of halogens is 1. The molecule has 2 rings (SSSR count). The van der Waals surface area contributed by atoms with Crippen LogP contribution in [0.5, 0.6) is 0 Å². The number of aryl methyl sites for hydroxylation is 2. The lowest BCUT2D eigenvalue weighted by molar-refractivity contribution is 0.0946. The number of benzene rings is 1. The average Bonchev–Trinajstić information content (AvgIpc) is 2.75. The molecule has 0 radical (unpaired) electrons. The number of rotatable bonds is 3. The fourth-order valence-corrected chi connectivity index (χ4v) is 2.26. The molecule has 18 heavy (non-hydrogen) atoms. The van der Waals surface area contributed by atoms with Crippen LogP contribution >= 0.6 is 11.3 Å². The van der Waals surface area contributed by atoms with E-state index in [1.165, 1.54) is 23.5 Å². The maximum absolute atomic E-state index is 13.5. The van der Waals surface area contributed by atoms with Gasteiger partial charge in [-0.15, -0.1) is 11.3 Å². The summed E-state index contributed by atoms with van der Waals surface area (Å²) >= 11 is 1.47. The Morgan fingerprint density at radius 3 is 2.89 bits per heavy atom. The molecular formula is C13H13FN2OS. The van der Waals surface area contributed by atoms with Crippen LogP contribution in [0.3, 0.4) is 0 Å². The fourth-order valence-electron chi connectivity index (χ4n) is 1.55. The van der Waals surface area contributed by atoms with Gasteiger partial charge in [0, 0.05) is 11.1 Å². The van der Waals surface area contributed by atoms with Gasteiger partial charge in [-0.25, -0.2) is 9.37 Å². The molecule has 0 bridgehead atoms. The highest BCUT2D eigenvalue weighted by Gasteiger charge is 2.11. The van der Waals surface area contributed by atoms with E-state index in [0.717, 1.165) is 16.3 Å². The Morgan fingerprint density at radius 2 is 2.22 bits per heavy atom. The minimum atomic E-state index is -0.506. The first-order valence-electron chi connectivity index (χ1n) is 5.51. The summed E-state index contributed by atoms with van der Waals surface area (Å²) in [6.07, 6.45) is 0. The number of carbonyl (C=O) groups is 1. The predicted molar refractivity (Wildman–Crippen MR) is 69.2 cm³/mol. The maximum Gasteiger partial charge on any atom is 0.254 e. The highest BCUT2D eigenvalue weighted by Crippen LogP contribution is 2.11. The molecule has 0 saturated heterocycles. The van der Waals surface area contributed by atoms with Crippen LogP contribution in [0.1, 0.15) is 26.6 Å². The number of thiazole rings is 1. The van der Waals surface area contributed by atoms with Gasteiger partial charge >= 0.3 is 0 Å². The van der Waals surface area contributed by atoms with Crippen LogP contribution in [0, 0.1) is 19.7 Å². The Balaban J connectivity index is 2.05. The monoisotopic (exact) mass is 264 g/mol. The van der Waals surface area contributed by atoms with Crippen LogP contribution in [0.25, 0.3) is 0 Å². The quantitative estimate of drug-likeness (QED) is 0.926. The van der Waals surface area contributed by atoms with Crippen molar-refractivity contribution in [3.8, 4) is 0 Å². The van der Waals surface area contributed by atoms with Gasteiger partial charge < -0.3 is 5.32 Å². The van der Waals surface area contributed by atoms with Gasteiger partial charge in [-0.3, -0.25) is 4.79 Å². The second-order valence-electron chi connectivity index (χ2n) is 4.05. The van der Waals surface area contributed by atoms with E-state index in [4.69, 9.17) is 0 Å². The number of nitrogens with one attached hydrogen (secondary N) is 1. The summed E-state index contributed by atoms with van der Waals surface area (Å²) in [5.74, 6) is -0.919. The summed E-state index contributed by atoms with van der Waals surface area (Å²) in [6, 6.07) is 4.48. The zero-order valence-electron chi connectivity index (χ0n) is 10.2. The van der Waals surface area contributed by atoms with E-state index in [1.807, 2.05) is 19.2 Å². The van der Waals surface area contributed by atoms with Gasteiger partial charge in [0.25, 0.3) is 5.91 Å². The molecule has 1 N–H and O–H groups in total. The topological polar surface area (TPSA) is 42.0 Å². The van der Waals surface area contributed by atoms with E-state index in [-0.39, 0.29) is 5.56 Å². The predicted octanol–water partition coefficient (Wildman–Crippen LogP) is 2.83. The molecule has 0 unspecified atom stereocenters. The normalized spacial score (nSPS) is 10.4. The maximum atomic E-state index is 13.5. The van der Waals surface area contributed by atoms with E-state index >= 15 is 0 Å². The molecular weight excluding hydrogens is 251 g/mol. The minimum Gasteiger partial charge on any atom is -0.345 e. The molecule has 0 aliphatic carbocycles. The summed E-state index contributed by atoms with van der Waals surface area (Å²) in [5.41, 5.74) is 1.85. The van der Waals surface area contributed by atoms with Gasteiger partial charge in [0.05, 0.1) is 12.1 Å². The molecule has 0 atom stereocenters. The summed E-state index contributed by atoms with van der Waals surface area (Å²) < 4.78 is 13.5. The van der Waals surface area contributed by atoms with Gasteiger partial charge in [0.15, 0.2) is 0 Å². The summed E-state index contributed by atoms with van der Waals surface area (Å²) in [5, 5.41) is 5.39. The number of aromatic nitrogens is 1. The average molecular weight is 264 g/mol. The second-order valence-corrected chi connectivity index (χ2v) is 4.99. The molecule has 1 aromatic heterocycles. The number of amides is 1. The van der Waals surface area contributed by atoms with Crippen LogP contribution in [-0.4, -0.2) is 10.9 Å². The molecule has 0 fully saturated rings. The highest BCUT2D eigenvalue weighted by molar-refractivity contribution is 7.09. The van der Waals surface area contributed by atoms with Gasteiger partial charge in [0.2, 0.25) is 0 Å². The first-order chi connectivity index (χ1) is 8.56. The number of carbonyl (C=O) groups excluding carboxylic acids is 1. The second kappa shape index (κ2) is 5.27. The van der Waals surface area contributed by atoms with E-state index in [0.29, 0.717) is 6.54 Å². The van der Waals surface area contributed by atoms with Crippen molar-refractivity contribution < 1.29 is 9.18 Å². The van der Waals surface area contributed by atoms with Gasteiger partial charge in [-0.1, -0.05) is 11.6 Å². The lowest BCUT2D eigenvalue weighted by Crippen LogP contribution is -2.23. The Labute approximate surface area is 109 Å². The number of nitrogens with zero attached hydrogens (tertiary/aromatic N) is 1. The number of hydrogen-bond acceptors (Lipinski definition) is 3. The van der Waals surface area contributed by atoms with Crippen molar-refractivity contribution in [3.05, 3.63) is 51.2 Å². The van der Waals surface area contributed by atoms with Crippen LogP contribution in [0.2, 0.25) is 0 Å². The van der Waals surface area contributed by atoms with Crippen molar-refractivity contribution >= 4 is 17.2 Å². The Morgan fingerprint density at radius 1 is 1.44 bits per heavy atom. The molecule has 0 aliphatic rings. The Kier molecular flexibility index (Phi) is 3.72. The van der Waals surface area contributed by atoms with Crippen molar-refractivity contribution in [1.82, 2.24) is 10.3 Å². The first kappa shape index (κ1) is 12.7. The van der Waals surface area contributed by atoms with Crippen LogP contribution in [0.15, 0.2) is 23.6 Å². The molecule has 1 aromatic carbocycles. The van der Waals surface area contributed by atoms with E-state index < -0.39 is 11.7 Å². The summed E-state index contributed by atoms with van der Waals surface area (Å²) in [7, 11) is 0. The lowest BCUT2D eigenvalue weighted by Gasteiger charge is -2.05. The zero-order valence-corrected chi connectivity index (χ0v) is 11.0. The third kappa shape index (κ3) is 2.92. The number of hydrogen-bond donors (Lipinski definition) is 1. The molecule has 94 valence electrons. The van der Waals surface area contributed by atoms with Crippen LogP contribution < -0.4 is 5.32 Å². The standard InChI is InChI=1S/C13H13FN2OS/c1-8-3-4-11(14)10(5-8)13(17)15-6-12-16-9(2)7-18-12/h3-5,7H,6H2,1-2H3,(H,15,17). The summed E-state index contributed by atoms with van der Waals surface area (Å²) in [4.78, 5) is 16.0.